The first-order valence-electron chi connectivity index (χ1n) is 11.8. The molecule has 2 amide bonds. The van der Waals surface area contributed by atoms with Gasteiger partial charge in [0.1, 0.15) is 6.61 Å². The van der Waals surface area contributed by atoms with Crippen LogP contribution in [0.5, 0.6) is 0 Å². The van der Waals surface area contributed by atoms with E-state index in [1.165, 1.54) is 0 Å². The van der Waals surface area contributed by atoms with Crippen LogP contribution in [-0.4, -0.2) is 62.2 Å². The quantitative estimate of drug-likeness (QED) is 0.269. The van der Waals surface area contributed by atoms with E-state index < -0.39 is 14.3 Å². The Morgan fingerprint density at radius 2 is 2.06 bits per heavy atom. The number of amides is 2. The predicted molar refractivity (Wildman–Crippen MR) is 129 cm³/mol. The largest absolute Gasteiger partial charge is 0.458 e. The molecule has 0 saturated carbocycles. The van der Waals surface area contributed by atoms with Crippen LogP contribution in [0, 0.1) is 5.92 Å². The molecule has 0 unspecified atom stereocenters. The Kier molecular flexibility index (Phi) is 9.13. The second kappa shape index (κ2) is 11.0. The highest BCUT2D eigenvalue weighted by atomic mass is 28.4. The van der Waals surface area contributed by atoms with Crippen molar-refractivity contribution >= 4 is 20.3 Å². The number of carbonyl (C=O) groups excluding carboxylic acids is 2. The second-order valence-electron chi connectivity index (χ2n) is 10.4. The van der Waals surface area contributed by atoms with Gasteiger partial charge in [-0.2, -0.15) is 0 Å². The Morgan fingerprint density at radius 3 is 2.62 bits per heavy atom. The second-order valence-corrected chi connectivity index (χ2v) is 15.2. The number of esters is 1. The summed E-state index contributed by atoms with van der Waals surface area (Å²) in [6.07, 6.45) is 5.19. The van der Waals surface area contributed by atoms with E-state index >= 15 is 0 Å². The van der Waals surface area contributed by atoms with Crippen molar-refractivity contribution in [3.63, 3.8) is 0 Å². The monoisotopic (exact) mass is 466 g/mol. The molecule has 0 aromatic carbocycles. The highest BCUT2D eigenvalue weighted by Crippen LogP contribution is 2.40. The van der Waals surface area contributed by atoms with Gasteiger partial charge in [-0.3, -0.25) is 0 Å². The maximum Gasteiger partial charge on any atom is 0.338 e. The van der Waals surface area contributed by atoms with Crippen LogP contribution in [0.2, 0.25) is 18.1 Å². The summed E-state index contributed by atoms with van der Waals surface area (Å²) in [5.41, 5.74) is 1.18. The molecule has 1 saturated heterocycles. The first kappa shape index (κ1) is 26.6. The molecule has 3 atom stereocenters. The van der Waals surface area contributed by atoms with Crippen LogP contribution >= 0.6 is 0 Å². The molecule has 0 aromatic rings. The minimum Gasteiger partial charge on any atom is -0.458 e. The molecule has 0 aliphatic carbocycles. The van der Waals surface area contributed by atoms with Crippen LogP contribution in [0.15, 0.2) is 23.9 Å². The number of urea groups is 1. The van der Waals surface area contributed by atoms with Crippen LogP contribution in [0.3, 0.4) is 0 Å². The van der Waals surface area contributed by atoms with Gasteiger partial charge in [0.25, 0.3) is 0 Å². The van der Waals surface area contributed by atoms with E-state index in [1.54, 1.807) is 11.0 Å². The third kappa shape index (κ3) is 5.83. The lowest BCUT2D eigenvalue weighted by atomic mass is 9.91. The fourth-order valence-electron chi connectivity index (χ4n) is 4.30. The third-order valence-electron chi connectivity index (χ3n) is 7.11. The Morgan fingerprint density at radius 1 is 1.38 bits per heavy atom. The van der Waals surface area contributed by atoms with Crippen LogP contribution in [0.25, 0.3) is 0 Å². The Bertz CT molecular complexity index is 728. The van der Waals surface area contributed by atoms with Gasteiger partial charge in [-0.25, -0.2) is 9.59 Å². The molecule has 7 nitrogen and oxygen atoms in total. The van der Waals surface area contributed by atoms with E-state index in [1.807, 2.05) is 0 Å². The first-order valence-corrected chi connectivity index (χ1v) is 14.8. The molecular weight excluding hydrogens is 424 g/mol. The van der Waals surface area contributed by atoms with Crippen LogP contribution in [-0.2, 0) is 14.0 Å². The fourth-order valence-corrected chi connectivity index (χ4v) is 5.35. The maximum atomic E-state index is 13.2. The van der Waals surface area contributed by atoms with Crippen molar-refractivity contribution < 1.29 is 23.9 Å². The van der Waals surface area contributed by atoms with Crippen molar-refractivity contribution in [3.05, 3.63) is 23.9 Å². The molecule has 0 radical (unpaired) electrons. The molecule has 2 aliphatic rings. The first-order chi connectivity index (χ1) is 15.0. The molecule has 0 bridgehead atoms. The van der Waals surface area contributed by atoms with Gasteiger partial charge < -0.3 is 24.5 Å². The molecule has 2 rings (SSSR count). The number of hydrogen-bond donors (Lipinski definition) is 2. The summed E-state index contributed by atoms with van der Waals surface area (Å²) in [5.74, 6) is -0.503. The summed E-state index contributed by atoms with van der Waals surface area (Å²) in [6, 6.07) is -0.614. The number of rotatable bonds is 11. The lowest BCUT2D eigenvalue weighted by Crippen LogP contribution is -2.55. The predicted octanol–water partition coefficient (Wildman–Crippen LogP) is 4.35. The molecule has 32 heavy (non-hydrogen) atoms. The van der Waals surface area contributed by atoms with E-state index in [0.717, 1.165) is 19.3 Å². The van der Waals surface area contributed by atoms with Crippen molar-refractivity contribution in [1.29, 1.82) is 0 Å². The summed E-state index contributed by atoms with van der Waals surface area (Å²) >= 11 is 0. The highest BCUT2D eigenvalue weighted by molar-refractivity contribution is 6.74. The van der Waals surface area contributed by atoms with Gasteiger partial charge in [0.05, 0.1) is 11.6 Å². The average Bonchev–Trinajstić information content (AvgIpc) is 3.12. The van der Waals surface area contributed by atoms with Crippen molar-refractivity contribution in [1.82, 2.24) is 10.2 Å². The number of aliphatic hydroxyl groups is 1. The van der Waals surface area contributed by atoms with Crippen molar-refractivity contribution in [2.45, 2.75) is 90.0 Å². The molecular formula is C24H42N2O5Si. The van der Waals surface area contributed by atoms with Gasteiger partial charge in [0.2, 0.25) is 0 Å². The van der Waals surface area contributed by atoms with Gasteiger partial charge in [-0.05, 0) is 43.8 Å². The number of ether oxygens (including phenoxy) is 1. The number of fused-ring (bicyclic) bond motifs is 1. The van der Waals surface area contributed by atoms with Crippen LogP contribution in [0.1, 0.15) is 59.8 Å². The summed E-state index contributed by atoms with van der Waals surface area (Å²) < 4.78 is 12.0. The van der Waals surface area contributed by atoms with E-state index in [4.69, 9.17) is 9.16 Å². The SMILES string of the molecule is C=CCOC(=O)C1=C([C@H](CCC)CO[Si](C)(C)C(C)(C)C)NC(=O)N2[C@H](CCO)CC[C@@H]12. The van der Waals surface area contributed by atoms with Gasteiger partial charge >= 0.3 is 12.0 Å². The van der Waals surface area contributed by atoms with Crippen molar-refractivity contribution in [3.8, 4) is 0 Å². The van der Waals surface area contributed by atoms with E-state index in [0.29, 0.717) is 30.7 Å². The lowest BCUT2D eigenvalue weighted by molar-refractivity contribution is -0.138. The van der Waals surface area contributed by atoms with Gasteiger partial charge in [-0.1, -0.05) is 46.8 Å². The van der Waals surface area contributed by atoms with E-state index in [9.17, 15) is 14.7 Å². The fraction of sp³-hybridized carbons (Fsp3) is 0.750. The van der Waals surface area contributed by atoms with E-state index in [-0.39, 0.29) is 42.3 Å². The van der Waals surface area contributed by atoms with Crippen LogP contribution in [0.4, 0.5) is 4.79 Å². The summed E-state index contributed by atoms with van der Waals surface area (Å²) in [6.45, 7) is 17.3. The van der Waals surface area contributed by atoms with Crippen molar-refractivity contribution in [2.75, 3.05) is 19.8 Å². The van der Waals surface area contributed by atoms with E-state index in [2.05, 4.69) is 52.7 Å². The Balaban J connectivity index is 2.44. The molecule has 2 heterocycles. The summed E-state index contributed by atoms with van der Waals surface area (Å²) in [5, 5.41) is 12.5. The van der Waals surface area contributed by atoms with Crippen molar-refractivity contribution in [2.24, 2.45) is 5.92 Å². The number of aliphatic hydroxyl groups excluding tert-OH is 1. The molecule has 2 N–H and O–H groups in total. The third-order valence-corrected chi connectivity index (χ3v) is 11.6. The molecule has 8 heteroatoms. The number of hydrogen-bond acceptors (Lipinski definition) is 5. The molecule has 0 spiro atoms. The normalized spacial score (nSPS) is 22.5. The minimum atomic E-state index is -2.00. The summed E-state index contributed by atoms with van der Waals surface area (Å²) in [7, 11) is -2.00. The Labute approximate surface area is 194 Å². The van der Waals surface area contributed by atoms with Gasteiger partial charge in [0, 0.05) is 30.9 Å². The molecule has 1 fully saturated rings. The minimum absolute atomic E-state index is 0.00674. The molecule has 182 valence electrons. The zero-order valence-electron chi connectivity index (χ0n) is 20.7. The number of carbonyl (C=O) groups is 2. The number of nitrogens with zero attached hydrogens (tertiary/aromatic N) is 1. The smallest absolute Gasteiger partial charge is 0.338 e. The lowest BCUT2D eigenvalue weighted by Gasteiger charge is -2.40. The average molecular weight is 467 g/mol. The topological polar surface area (TPSA) is 88.1 Å². The summed E-state index contributed by atoms with van der Waals surface area (Å²) in [4.78, 5) is 28.0. The van der Waals surface area contributed by atoms with Gasteiger partial charge in [-0.15, -0.1) is 0 Å². The van der Waals surface area contributed by atoms with Crippen LogP contribution < -0.4 is 5.32 Å². The zero-order chi connectivity index (χ0) is 24.1. The van der Waals surface area contributed by atoms with Gasteiger partial charge in [0.15, 0.2) is 8.32 Å². The molecule has 2 aliphatic heterocycles. The highest BCUT2D eigenvalue weighted by Gasteiger charge is 2.47. The Hall–Kier alpha value is -1.64. The number of nitrogens with one attached hydrogen (secondary N) is 1. The zero-order valence-corrected chi connectivity index (χ0v) is 21.7. The molecule has 0 aromatic heterocycles. The maximum absolute atomic E-state index is 13.2. The standard InChI is InChI=1S/C24H42N2O5Si/c1-8-10-17(16-31-32(6,7)24(3,4)5)21-20(22(28)30-15-9-2)19-12-11-18(13-14-27)26(19)23(29)25-21/h9,17-19,27H,2,8,10-16H2,1,3-7H3,(H,25,29)/t17-,18+,19+/m1/s1.